The van der Waals surface area contributed by atoms with Crippen LogP contribution in [0.5, 0.6) is 0 Å². The van der Waals surface area contributed by atoms with Crippen LogP contribution in [0.15, 0.2) is 30.3 Å². The number of carbonyl (C=O) groups is 2. The predicted octanol–water partition coefficient (Wildman–Crippen LogP) is 3.50. The second kappa shape index (κ2) is 6.54. The number of benzene rings is 1. The van der Waals surface area contributed by atoms with E-state index in [1.165, 1.54) is 11.3 Å². The summed E-state index contributed by atoms with van der Waals surface area (Å²) in [5.74, 6) is -1.22. The van der Waals surface area contributed by atoms with Crippen LogP contribution in [-0.2, 0) is 17.6 Å². The number of nitrogens with one attached hydrogen (secondary N) is 1. The van der Waals surface area contributed by atoms with Crippen LogP contribution < -0.4 is 5.32 Å². The van der Waals surface area contributed by atoms with Crippen molar-refractivity contribution in [2.75, 3.05) is 5.32 Å². The van der Waals surface area contributed by atoms with E-state index in [1.54, 1.807) is 6.07 Å². The van der Waals surface area contributed by atoms with Crippen LogP contribution in [0.2, 0.25) is 0 Å². The highest BCUT2D eigenvalue weighted by Gasteiger charge is 2.16. The Morgan fingerprint density at radius 3 is 2.48 bits per heavy atom. The Balaban J connectivity index is 2.10. The third kappa shape index (κ3) is 3.92. The van der Waals surface area contributed by atoms with Gasteiger partial charge in [0.1, 0.15) is 5.00 Å². The Morgan fingerprint density at radius 1 is 1.24 bits per heavy atom. The normalized spacial score (nSPS) is 10.4. The van der Waals surface area contributed by atoms with Crippen LogP contribution in [0.1, 0.15) is 33.3 Å². The lowest BCUT2D eigenvalue weighted by molar-refractivity contribution is -0.115. The Hall–Kier alpha value is -2.14. The Kier molecular flexibility index (Phi) is 4.75. The topological polar surface area (TPSA) is 66.4 Å². The molecule has 5 heteroatoms. The molecular weight excluding hydrogens is 286 g/mol. The lowest BCUT2D eigenvalue weighted by Gasteiger charge is -2.05. The number of thiophene rings is 1. The van der Waals surface area contributed by atoms with E-state index in [0.29, 0.717) is 5.00 Å². The number of hydrogen-bond donors (Lipinski definition) is 2. The average Bonchev–Trinajstić information content (AvgIpc) is 2.84. The maximum absolute atomic E-state index is 12.0. The molecule has 21 heavy (non-hydrogen) atoms. The lowest BCUT2D eigenvalue weighted by atomic mass is 10.1. The monoisotopic (exact) mass is 303 g/mol. The zero-order chi connectivity index (χ0) is 15.4. The van der Waals surface area contributed by atoms with Gasteiger partial charge in [0.25, 0.3) is 0 Å². The molecule has 0 unspecified atom stereocenters. The lowest BCUT2D eigenvalue weighted by Crippen LogP contribution is -2.15. The van der Waals surface area contributed by atoms with Crippen LogP contribution in [0.3, 0.4) is 0 Å². The summed E-state index contributed by atoms with van der Waals surface area (Å²) in [6, 6.07) is 9.32. The van der Waals surface area contributed by atoms with Gasteiger partial charge in [0.15, 0.2) is 0 Å². The fraction of sp³-hybridized carbons (Fsp3) is 0.250. The summed E-state index contributed by atoms with van der Waals surface area (Å²) < 4.78 is 0. The SMILES string of the molecule is CCc1cc(C(=O)O)c(NC(=O)Cc2ccc(C)cc2)s1. The highest BCUT2D eigenvalue weighted by molar-refractivity contribution is 7.16. The van der Waals surface area contributed by atoms with E-state index in [9.17, 15) is 9.59 Å². The van der Waals surface area contributed by atoms with Crippen LogP contribution >= 0.6 is 11.3 Å². The third-order valence-electron chi connectivity index (χ3n) is 3.10. The number of aryl methyl sites for hydroxylation is 2. The molecular formula is C16H17NO3S. The van der Waals surface area contributed by atoms with E-state index in [2.05, 4.69) is 5.32 Å². The molecule has 0 aliphatic rings. The van der Waals surface area contributed by atoms with Crippen molar-refractivity contribution in [2.45, 2.75) is 26.7 Å². The summed E-state index contributed by atoms with van der Waals surface area (Å²) in [6.45, 7) is 3.94. The fourth-order valence-corrected chi connectivity index (χ4v) is 2.93. The zero-order valence-corrected chi connectivity index (χ0v) is 12.8. The number of amides is 1. The number of hydrogen-bond acceptors (Lipinski definition) is 3. The molecule has 2 N–H and O–H groups in total. The molecule has 0 radical (unpaired) electrons. The first-order valence-corrected chi connectivity index (χ1v) is 7.52. The highest BCUT2D eigenvalue weighted by atomic mass is 32.1. The second-order valence-corrected chi connectivity index (χ2v) is 5.96. The van der Waals surface area contributed by atoms with Crippen molar-refractivity contribution in [2.24, 2.45) is 0 Å². The van der Waals surface area contributed by atoms with Gasteiger partial charge < -0.3 is 10.4 Å². The maximum atomic E-state index is 12.0. The molecule has 110 valence electrons. The van der Waals surface area contributed by atoms with Crippen molar-refractivity contribution in [1.82, 2.24) is 0 Å². The summed E-state index contributed by atoms with van der Waals surface area (Å²) in [7, 11) is 0. The molecule has 1 heterocycles. The molecule has 2 rings (SSSR count). The van der Waals surface area contributed by atoms with Gasteiger partial charge in [0.2, 0.25) is 5.91 Å². The molecule has 0 saturated carbocycles. The molecule has 1 aromatic carbocycles. The van der Waals surface area contributed by atoms with Crippen molar-refractivity contribution < 1.29 is 14.7 Å². The number of rotatable bonds is 5. The van der Waals surface area contributed by atoms with Gasteiger partial charge in [-0.15, -0.1) is 11.3 Å². The maximum Gasteiger partial charge on any atom is 0.338 e. The molecule has 0 saturated heterocycles. The minimum atomic E-state index is -1.02. The summed E-state index contributed by atoms with van der Waals surface area (Å²) >= 11 is 1.32. The molecule has 0 aliphatic carbocycles. The van der Waals surface area contributed by atoms with Gasteiger partial charge in [0.05, 0.1) is 12.0 Å². The molecule has 1 aromatic heterocycles. The first kappa shape index (κ1) is 15.3. The zero-order valence-electron chi connectivity index (χ0n) is 12.0. The average molecular weight is 303 g/mol. The number of aromatic carboxylic acids is 1. The molecule has 0 aliphatic heterocycles. The molecule has 0 spiro atoms. The molecule has 4 nitrogen and oxygen atoms in total. The van der Waals surface area contributed by atoms with E-state index >= 15 is 0 Å². The molecule has 0 atom stereocenters. The van der Waals surface area contributed by atoms with Gasteiger partial charge in [-0.05, 0) is 25.0 Å². The summed E-state index contributed by atoms with van der Waals surface area (Å²) in [5.41, 5.74) is 2.20. The van der Waals surface area contributed by atoms with Crippen molar-refractivity contribution >= 4 is 28.2 Å². The Morgan fingerprint density at radius 2 is 1.90 bits per heavy atom. The molecule has 2 aromatic rings. The third-order valence-corrected chi connectivity index (χ3v) is 4.30. The van der Waals surface area contributed by atoms with Crippen LogP contribution in [-0.4, -0.2) is 17.0 Å². The van der Waals surface area contributed by atoms with Crippen molar-refractivity contribution in [3.63, 3.8) is 0 Å². The van der Waals surface area contributed by atoms with Crippen molar-refractivity contribution in [1.29, 1.82) is 0 Å². The first-order valence-electron chi connectivity index (χ1n) is 6.71. The number of carboxylic acid groups (broad SMARTS) is 1. The second-order valence-electron chi connectivity index (χ2n) is 4.82. The number of carbonyl (C=O) groups excluding carboxylic acids is 1. The number of carboxylic acids is 1. The summed E-state index contributed by atoms with van der Waals surface area (Å²) in [5, 5.41) is 12.3. The van der Waals surface area contributed by atoms with Gasteiger partial charge in [-0.1, -0.05) is 36.8 Å². The van der Waals surface area contributed by atoms with Gasteiger partial charge in [-0.3, -0.25) is 4.79 Å². The molecule has 0 fully saturated rings. The van der Waals surface area contributed by atoms with Crippen molar-refractivity contribution in [3.05, 3.63) is 51.9 Å². The number of anilines is 1. The van der Waals surface area contributed by atoms with Gasteiger partial charge >= 0.3 is 5.97 Å². The van der Waals surface area contributed by atoms with Gasteiger partial charge in [0, 0.05) is 4.88 Å². The quantitative estimate of drug-likeness (QED) is 0.888. The minimum absolute atomic E-state index is 0.161. The van der Waals surface area contributed by atoms with Crippen LogP contribution in [0.4, 0.5) is 5.00 Å². The van der Waals surface area contributed by atoms with E-state index in [0.717, 1.165) is 22.4 Å². The predicted molar refractivity (Wildman–Crippen MR) is 84.2 cm³/mol. The molecule has 0 bridgehead atoms. The first-order chi connectivity index (χ1) is 9.99. The standard InChI is InChI=1S/C16H17NO3S/c1-3-12-9-13(16(19)20)15(21-12)17-14(18)8-11-6-4-10(2)5-7-11/h4-7,9H,3,8H2,1-2H3,(H,17,18)(H,19,20). The summed E-state index contributed by atoms with van der Waals surface area (Å²) in [4.78, 5) is 24.2. The Bertz CT molecular complexity index is 659. The van der Waals surface area contributed by atoms with E-state index in [1.807, 2.05) is 38.1 Å². The minimum Gasteiger partial charge on any atom is -0.478 e. The van der Waals surface area contributed by atoms with Gasteiger partial charge in [-0.2, -0.15) is 0 Å². The van der Waals surface area contributed by atoms with Crippen LogP contribution in [0, 0.1) is 6.92 Å². The van der Waals surface area contributed by atoms with E-state index in [4.69, 9.17) is 5.11 Å². The Labute approximate surface area is 127 Å². The van der Waals surface area contributed by atoms with E-state index < -0.39 is 5.97 Å². The smallest absolute Gasteiger partial charge is 0.338 e. The van der Waals surface area contributed by atoms with Crippen molar-refractivity contribution in [3.8, 4) is 0 Å². The van der Waals surface area contributed by atoms with Crippen LogP contribution in [0.25, 0.3) is 0 Å². The highest BCUT2D eigenvalue weighted by Crippen LogP contribution is 2.28. The largest absolute Gasteiger partial charge is 0.478 e. The van der Waals surface area contributed by atoms with Gasteiger partial charge in [-0.25, -0.2) is 4.79 Å². The molecule has 1 amide bonds. The fourth-order valence-electron chi connectivity index (χ4n) is 1.93. The van der Waals surface area contributed by atoms with E-state index in [-0.39, 0.29) is 17.9 Å². The summed E-state index contributed by atoms with van der Waals surface area (Å²) in [6.07, 6.45) is 0.984.